The predicted molar refractivity (Wildman–Crippen MR) is 65.8 cm³/mol. The van der Waals surface area contributed by atoms with Crippen molar-refractivity contribution in [1.82, 2.24) is 14.8 Å². The fraction of sp³-hybridized carbons (Fsp3) is 0.700. The van der Waals surface area contributed by atoms with Gasteiger partial charge in [-0.05, 0) is 19.8 Å². The van der Waals surface area contributed by atoms with Crippen molar-refractivity contribution >= 4 is 17.7 Å². The molecule has 1 rings (SSSR count). The molecule has 3 N–H and O–H groups in total. The van der Waals surface area contributed by atoms with Crippen LogP contribution in [0.5, 0.6) is 0 Å². The lowest BCUT2D eigenvalue weighted by molar-refractivity contribution is -0.142. The summed E-state index contributed by atoms with van der Waals surface area (Å²) in [5.41, 5.74) is 4.51. The van der Waals surface area contributed by atoms with Gasteiger partial charge in [0.25, 0.3) is 0 Å². The van der Waals surface area contributed by atoms with Gasteiger partial charge in [0, 0.05) is 12.8 Å². The van der Waals surface area contributed by atoms with Gasteiger partial charge in [-0.25, -0.2) is 0 Å². The Morgan fingerprint density at radius 2 is 2.35 bits per heavy atom. The number of hydrogen-bond donors (Lipinski definition) is 2. The van der Waals surface area contributed by atoms with E-state index in [4.69, 9.17) is 10.8 Å². The zero-order valence-corrected chi connectivity index (χ0v) is 10.9. The molecule has 1 aromatic heterocycles. The largest absolute Gasteiger partial charge is 0.480 e. The van der Waals surface area contributed by atoms with E-state index in [1.54, 1.807) is 25.0 Å². The highest BCUT2D eigenvalue weighted by Crippen LogP contribution is 2.17. The number of aliphatic carboxylic acids is 1. The lowest BCUT2D eigenvalue weighted by atomic mass is 9.97. The van der Waals surface area contributed by atoms with Gasteiger partial charge in [-0.2, -0.15) is 0 Å². The number of nitrogens with zero attached hydrogens (tertiary/aromatic N) is 3. The number of carboxylic acid groups (broad SMARTS) is 1. The summed E-state index contributed by atoms with van der Waals surface area (Å²) in [6.07, 6.45) is 3.85. The standard InChI is InChI=1S/C10H18N4O2S/c1-10(11,8(15)16)5-3-4-6-17-9-13-12-7-14(9)2/h7H,3-6,11H2,1-2H3,(H,15,16). The summed E-state index contributed by atoms with van der Waals surface area (Å²) in [4.78, 5) is 10.8. The Morgan fingerprint density at radius 1 is 1.65 bits per heavy atom. The number of carbonyl (C=O) groups is 1. The maximum Gasteiger partial charge on any atom is 0.323 e. The molecular formula is C10H18N4O2S. The highest BCUT2D eigenvalue weighted by Gasteiger charge is 2.26. The molecule has 7 heteroatoms. The van der Waals surface area contributed by atoms with Crippen molar-refractivity contribution in [2.75, 3.05) is 5.75 Å². The molecule has 1 atom stereocenters. The normalized spacial score (nSPS) is 14.5. The van der Waals surface area contributed by atoms with Crippen molar-refractivity contribution in [2.45, 2.75) is 36.9 Å². The first-order chi connectivity index (χ1) is 7.93. The number of rotatable bonds is 7. The van der Waals surface area contributed by atoms with Crippen LogP contribution in [0.4, 0.5) is 0 Å². The molecule has 0 amide bonds. The third kappa shape index (κ3) is 4.35. The van der Waals surface area contributed by atoms with Crippen molar-refractivity contribution in [3.05, 3.63) is 6.33 Å². The second-order valence-electron chi connectivity index (χ2n) is 4.25. The number of carboxylic acids is 1. The fourth-order valence-electron chi connectivity index (χ4n) is 1.27. The van der Waals surface area contributed by atoms with Crippen LogP contribution in [0.25, 0.3) is 0 Å². The molecule has 1 heterocycles. The molecule has 0 aliphatic rings. The molecule has 17 heavy (non-hydrogen) atoms. The third-order valence-corrected chi connectivity index (χ3v) is 3.60. The summed E-state index contributed by atoms with van der Waals surface area (Å²) < 4.78 is 1.86. The summed E-state index contributed by atoms with van der Waals surface area (Å²) >= 11 is 1.61. The summed E-state index contributed by atoms with van der Waals surface area (Å²) in [6, 6.07) is 0. The van der Waals surface area contributed by atoms with Crippen LogP contribution >= 0.6 is 11.8 Å². The van der Waals surface area contributed by atoms with E-state index in [-0.39, 0.29) is 0 Å². The molecule has 0 aliphatic carbocycles. The topological polar surface area (TPSA) is 94.0 Å². The van der Waals surface area contributed by atoms with E-state index in [9.17, 15) is 4.79 Å². The van der Waals surface area contributed by atoms with Crippen molar-refractivity contribution < 1.29 is 9.90 Å². The summed E-state index contributed by atoms with van der Waals surface area (Å²) in [7, 11) is 1.89. The average Bonchev–Trinajstić information content (AvgIpc) is 2.63. The van der Waals surface area contributed by atoms with Crippen LogP contribution in [0.2, 0.25) is 0 Å². The third-order valence-electron chi connectivity index (χ3n) is 2.48. The monoisotopic (exact) mass is 258 g/mol. The Hall–Kier alpha value is -1.08. The first kappa shape index (κ1) is 14.0. The van der Waals surface area contributed by atoms with Crippen LogP contribution in [0.15, 0.2) is 11.5 Å². The zero-order chi connectivity index (χ0) is 12.9. The minimum Gasteiger partial charge on any atom is -0.480 e. The van der Waals surface area contributed by atoms with Crippen LogP contribution in [0.3, 0.4) is 0 Å². The van der Waals surface area contributed by atoms with Crippen LogP contribution in [0.1, 0.15) is 26.2 Å². The second kappa shape index (κ2) is 6.02. The number of unbranched alkanes of at least 4 members (excludes halogenated alkanes) is 1. The quantitative estimate of drug-likeness (QED) is 0.557. The Bertz CT molecular complexity index is 378. The van der Waals surface area contributed by atoms with E-state index in [2.05, 4.69) is 10.2 Å². The maximum absolute atomic E-state index is 10.8. The highest BCUT2D eigenvalue weighted by atomic mass is 32.2. The Kier molecular flexibility index (Phi) is 4.95. The average molecular weight is 258 g/mol. The van der Waals surface area contributed by atoms with Crippen molar-refractivity contribution in [3.63, 3.8) is 0 Å². The van der Waals surface area contributed by atoms with E-state index < -0.39 is 11.5 Å². The number of thioether (sulfide) groups is 1. The smallest absolute Gasteiger partial charge is 0.323 e. The minimum atomic E-state index is -1.12. The molecule has 0 bridgehead atoms. The van der Waals surface area contributed by atoms with Gasteiger partial charge in [0.1, 0.15) is 11.9 Å². The van der Waals surface area contributed by atoms with E-state index >= 15 is 0 Å². The SMILES string of the molecule is Cn1cnnc1SCCCCC(C)(N)C(=O)O. The molecule has 0 fully saturated rings. The molecule has 0 spiro atoms. The number of aryl methyl sites for hydroxylation is 1. The maximum atomic E-state index is 10.8. The molecule has 0 radical (unpaired) electrons. The van der Waals surface area contributed by atoms with E-state index in [0.29, 0.717) is 6.42 Å². The molecule has 96 valence electrons. The van der Waals surface area contributed by atoms with E-state index in [1.165, 1.54) is 0 Å². The van der Waals surface area contributed by atoms with Crippen molar-refractivity contribution in [3.8, 4) is 0 Å². The predicted octanol–water partition coefficient (Wildman–Crippen LogP) is 0.879. The van der Waals surface area contributed by atoms with E-state index in [0.717, 1.165) is 23.8 Å². The molecule has 0 saturated heterocycles. The van der Waals surface area contributed by atoms with Gasteiger partial charge in [-0.15, -0.1) is 10.2 Å². The summed E-state index contributed by atoms with van der Waals surface area (Å²) in [6.45, 7) is 1.55. The molecule has 6 nitrogen and oxygen atoms in total. The molecule has 1 unspecified atom stereocenters. The van der Waals surface area contributed by atoms with Crippen molar-refractivity contribution in [2.24, 2.45) is 12.8 Å². The fourth-order valence-corrected chi connectivity index (χ4v) is 2.15. The van der Waals surface area contributed by atoms with Crippen LogP contribution in [-0.2, 0) is 11.8 Å². The summed E-state index contributed by atoms with van der Waals surface area (Å²) in [5.74, 6) is -0.0548. The van der Waals surface area contributed by atoms with Crippen LogP contribution in [0, 0.1) is 0 Å². The number of aromatic nitrogens is 3. The Labute approximate surface area is 105 Å². The number of nitrogens with two attached hydrogens (primary N) is 1. The molecule has 0 aliphatic heterocycles. The van der Waals surface area contributed by atoms with Crippen LogP contribution < -0.4 is 5.73 Å². The van der Waals surface area contributed by atoms with Gasteiger partial charge < -0.3 is 15.4 Å². The molecule has 0 aromatic carbocycles. The Balaban J connectivity index is 2.17. The lowest BCUT2D eigenvalue weighted by Crippen LogP contribution is -2.44. The van der Waals surface area contributed by atoms with Crippen molar-refractivity contribution in [1.29, 1.82) is 0 Å². The zero-order valence-electron chi connectivity index (χ0n) is 10.1. The van der Waals surface area contributed by atoms with Gasteiger partial charge >= 0.3 is 5.97 Å². The first-order valence-corrected chi connectivity index (χ1v) is 6.41. The lowest BCUT2D eigenvalue weighted by Gasteiger charge is -2.18. The van der Waals surface area contributed by atoms with Gasteiger partial charge in [-0.1, -0.05) is 18.2 Å². The van der Waals surface area contributed by atoms with Gasteiger partial charge in [-0.3, -0.25) is 4.79 Å². The minimum absolute atomic E-state index is 0.488. The molecule has 1 aromatic rings. The van der Waals surface area contributed by atoms with Gasteiger partial charge in [0.05, 0.1) is 0 Å². The Morgan fingerprint density at radius 3 is 2.88 bits per heavy atom. The first-order valence-electron chi connectivity index (χ1n) is 5.42. The van der Waals surface area contributed by atoms with Gasteiger partial charge in [0.15, 0.2) is 5.16 Å². The van der Waals surface area contributed by atoms with Crippen LogP contribution in [-0.4, -0.2) is 37.1 Å². The van der Waals surface area contributed by atoms with E-state index in [1.807, 2.05) is 11.6 Å². The number of hydrogen-bond acceptors (Lipinski definition) is 5. The second-order valence-corrected chi connectivity index (χ2v) is 5.31. The molecule has 0 saturated carbocycles. The van der Waals surface area contributed by atoms with Gasteiger partial charge in [0.2, 0.25) is 0 Å². The molecular weight excluding hydrogens is 240 g/mol. The highest BCUT2D eigenvalue weighted by molar-refractivity contribution is 7.99. The summed E-state index contributed by atoms with van der Waals surface area (Å²) in [5, 5.41) is 17.4.